The minimum atomic E-state index is -3.98. The number of rotatable bonds is 6. The van der Waals surface area contributed by atoms with Crippen molar-refractivity contribution in [2.75, 3.05) is 6.54 Å². The second-order valence-electron chi connectivity index (χ2n) is 4.67. The molecular formula is C11H14BrN3O4S. The summed E-state index contributed by atoms with van der Waals surface area (Å²) in [4.78, 5) is 9.89. The van der Waals surface area contributed by atoms with Gasteiger partial charge in [-0.2, -0.15) is 0 Å². The fourth-order valence-electron chi connectivity index (χ4n) is 1.95. The van der Waals surface area contributed by atoms with E-state index in [4.69, 9.17) is 5.73 Å². The van der Waals surface area contributed by atoms with Gasteiger partial charge < -0.3 is 5.73 Å². The molecule has 1 aromatic rings. The zero-order valence-electron chi connectivity index (χ0n) is 10.5. The van der Waals surface area contributed by atoms with Gasteiger partial charge in [-0.3, -0.25) is 10.1 Å². The quantitative estimate of drug-likeness (QED) is 0.584. The molecule has 9 heteroatoms. The van der Waals surface area contributed by atoms with Gasteiger partial charge >= 0.3 is 0 Å². The fourth-order valence-corrected chi connectivity index (χ4v) is 3.98. The lowest BCUT2D eigenvalue weighted by molar-refractivity contribution is -0.387. The minimum absolute atomic E-state index is 0.172. The lowest BCUT2D eigenvalue weighted by Crippen LogP contribution is -2.41. The first-order valence-electron chi connectivity index (χ1n) is 6.01. The Kier molecular flexibility index (Phi) is 4.43. The van der Waals surface area contributed by atoms with Crippen molar-refractivity contribution < 1.29 is 13.3 Å². The number of nitro benzene ring substituents is 1. The molecule has 20 heavy (non-hydrogen) atoms. The van der Waals surface area contributed by atoms with E-state index in [2.05, 4.69) is 20.7 Å². The first kappa shape index (κ1) is 15.4. The van der Waals surface area contributed by atoms with Crippen molar-refractivity contribution in [3.05, 3.63) is 32.8 Å². The molecule has 0 radical (unpaired) electrons. The first-order valence-corrected chi connectivity index (χ1v) is 8.29. The predicted molar refractivity (Wildman–Crippen MR) is 76.7 cm³/mol. The van der Waals surface area contributed by atoms with E-state index in [0.717, 1.165) is 18.9 Å². The van der Waals surface area contributed by atoms with Gasteiger partial charge in [-0.05, 0) is 30.9 Å². The van der Waals surface area contributed by atoms with Gasteiger partial charge in [0.2, 0.25) is 10.0 Å². The number of nitrogens with zero attached hydrogens (tertiary/aromatic N) is 1. The van der Waals surface area contributed by atoms with Crippen molar-refractivity contribution in [1.29, 1.82) is 0 Å². The van der Waals surface area contributed by atoms with Gasteiger partial charge in [0.15, 0.2) is 4.90 Å². The lowest BCUT2D eigenvalue weighted by Gasteiger charge is -2.16. The van der Waals surface area contributed by atoms with Gasteiger partial charge in [-0.25, -0.2) is 13.1 Å². The van der Waals surface area contributed by atoms with Crippen molar-refractivity contribution in [3.8, 4) is 0 Å². The summed E-state index contributed by atoms with van der Waals surface area (Å²) in [6.45, 7) is 0.172. The number of hydrogen-bond acceptors (Lipinski definition) is 5. The molecule has 110 valence electrons. The van der Waals surface area contributed by atoms with Crippen LogP contribution in [0, 0.1) is 16.0 Å². The lowest BCUT2D eigenvalue weighted by atomic mass is 10.2. The summed E-state index contributed by atoms with van der Waals surface area (Å²) in [7, 11) is -3.98. The molecule has 2 rings (SSSR count). The average molecular weight is 364 g/mol. The molecule has 1 unspecified atom stereocenters. The summed E-state index contributed by atoms with van der Waals surface area (Å²) in [5, 5.41) is 11.0. The standard InChI is InChI=1S/C11H14BrN3O4S/c12-8-3-4-10(15(16)17)11(5-8)20(18,19)14-9(6-13)7-1-2-7/h3-5,7,9,14H,1-2,6,13H2. The number of benzene rings is 1. The Morgan fingerprint density at radius 1 is 1.50 bits per heavy atom. The van der Waals surface area contributed by atoms with Crippen molar-refractivity contribution in [3.63, 3.8) is 0 Å². The number of nitrogens with one attached hydrogen (secondary N) is 1. The van der Waals surface area contributed by atoms with Crippen molar-refractivity contribution in [1.82, 2.24) is 4.72 Å². The third-order valence-corrected chi connectivity index (χ3v) is 5.17. The normalized spacial score (nSPS) is 16.9. The van der Waals surface area contributed by atoms with Crippen molar-refractivity contribution in [2.45, 2.75) is 23.8 Å². The van der Waals surface area contributed by atoms with Gasteiger partial charge in [-0.15, -0.1) is 0 Å². The maximum Gasteiger partial charge on any atom is 0.289 e. The van der Waals surface area contributed by atoms with Crippen LogP contribution in [0.15, 0.2) is 27.6 Å². The summed E-state index contributed by atoms with van der Waals surface area (Å²) in [5.74, 6) is 0.223. The van der Waals surface area contributed by atoms with Crippen LogP contribution in [0.25, 0.3) is 0 Å². The van der Waals surface area contributed by atoms with Gasteiger partial charge in [0.25, 0.3) is 5.69 Å². The minimum Gasteiger partial charge on any atom is -0.329 e. The molecule has 0 amide bonds. The molecule has 1 saturated carbocycles. The Bertz CT molecular complexity index is 631. The smallest absolute Gasteiger partial charge is 0.289 e. The summed E-state index contributed by atoms with van der Waals surface area (Å²) in [5.41, 5.74) is 5.11. The van der Waals surface area contributed by atoms with Crippen LogP contribution >= 0.6 is 15.9 Å². The Hall–Kier alpha value is -1.03. The molecule has 0 spiro atoms. The first-order chi connectivity index (χ1) is 9.35. The Morgan fingerprint density at radius 3 is 2.65 bits per heavy atom. The highest BCUT2D eigenvalue weighted by molar-refractivity contribution is 9.10. The summed E-state index contributed by atoms with van der Waals surface area (Å²) in [6.07, 6.45) is 1.84. The molecule has 1 atom stereocenters. The molecule has 0 bridgehead atoms. The molecule has 0 heterocycles. The maximum absolute atomic E-state index is 12.3. The molecule has 3 N–H and O–H groups in total. The maximum atomic E-state index is 12.3. The van der Waals surface area contributed by atoms with Gasteiger partial charge in [0, 0.05) is 23.1 Å². The topological polar surface area (TPSA) is 115 Å². The van der Waals surface area contributed by atoms with Crippen LogP contribution in [0.3, 0.4) is 0 Å². The number of nitrogens with two attached hydrogens (primary N) is 1. The fraction of sp³-hybridized carbons (Fsp3) is 0.455. The number of halogens is 1. The molecule has 1 aliphatic rings. The van der Waals surface area contributed by atoms with Crippen LogP contribution in [-0.4, -0.2) is 25.9 Å². The molecule has 1 aliphatic carbocycles. The van der Waals surface area contributed by atoms with E-state index in [0.29, 0.717) is 4.47 Å². The summed E-state index contributed by atoms with van der Waals surface area (Å²) in [6, 6.07) is 3.44. The number of hydrogen-bond donors (Lipinski definition) is 2. The second kappa shape index (κ2) is 5.76. The van der Waals surface area contributed by atoms with Crippen LogP contribution in [-0.2, 0) is 10.0 Å². The van der Waals surface area contributed by atoms with Crippen LogP contribution in [0.2, 0.25) is 0 Å². The van der Waals surface area contributed by atoms with E-state index in [1.165, 1.54) is 12.1 Å². The van der Waals surface area contributed by atoms with Crippen LogP contribution in [0.4, 0.5) is 5.69 Å². The monoisotopic (exact) mass is 363 g/mol. The van der Waals surface area contributed by atoms with E-state index in [1.54, 1.807) is 0 Å². The van der Waals surface area contributed by atoms with E-state index >= 15 is 0 Å². The zero-order valence-corrected chi connectivity index (χ0v) is 12.9. The van der Waals surface area contributed by atoms with E-state index < -0.39 is 20.6 Å². The summed E-state index contributed by atoms with van der Waals surface area (Å²) < 4.78 is 27.6. The van der Waals surface area contributed by atoms with Crippen LogP contribution in [0.1, 0.15) is 12.8 Å². The highest BCUT2D eigenvalue weighted by Crippen LogP contribution is 2.34. The predicted octanol–water partition coefficient (Wildman–Crippen LogP) is 1.37. The van der Waals surface area contributed by atoms with Crippen LogP contribution in [0.5, 0.6) is 0 Å². The molecule has 0 aromatic heterocycles. The number of sulfonamides is 1. The molecule has 0 aliphatic heterocycles. The van der Waals surface area contributed by atoms with E-state index in [-0.39, 0.29) is 23.4 Å². The highest BCUT2D eigenvalue weighted by atomic mass is 79.9. The third-order valence-electron chi connectivity index (χ3n) is 3.16. The Morgan fingerprint density at radius 2 is 2.15 bits per heavy atom. The van der Waals surface area contributed by atoms with E-state index in [9.17, 15) is 18.5 Å². The van der Waals surface area contributed by atoms with Crippen LogP contribution < -0.4 is 10.5 Å². The van der Waals surface area contributed by atoms with Gasteiger partial charge in [-0.1, -0.05) is 15.9 Å². The second-order valence-corrected chi connectivity index (χ2v) is 7.27. The average Bonchev–Trinajstić information content (AvgIpc) is 3.19. The van der Waals surface area contributed by atoms with Gasteiger partial charge in [0.05, 0.1) is 4.92 Å². The number of nitro groups is 1. The molecule has 7 nitrogen and oxygen atoms in total. The SMILES string of the molecule is NCC(NS(=O)(=O)c1cc(Br)ccc1[N+](=O)[O-])C1CC1. The third kappa shape index (κ3) is 3.35. The zero-order chi connectivity index (χ0) is 14.9. The van der Waals surface area contributed by atoms with E-state index in [1.807, 2.05) is 0 Å². The molecule has 1 aromatic carbocycles. The molecule has 0 saturated heterocycles. The summed E-state index contributed by atoms with van der Waals surface area (Å²) >= 11 is 3.12. The largest absolute Gasteiger partial charge is 0.329 e. The Balaban J connectivity index is 2.37. The van der Waals surface area contributed by atoms with Crippen molar-refractivity contribution in [2.24, 2.45) is 11.7 Å². The molecular weight excluding hydrogens is 350 g/mol. The van der Waals surface area contributed by atoms with Gasteiger partial charge in [0.1, 0.15) is 0 Å². The highest BCUT2D eigenvalue weighted by Gasteiger charge is 2.35. The molecule has 1 fully saturated rings. The Labute approximate surface area is 124 Å². The van der Waals surface area contributed by atoms with Crippen molar-refractivity contribution >= 4 is 31.6 Å².